The van der Waals surface area contributed by atoms with Crippen LogP contribution in [-0.4, -0.2) is 18.5 Å². The second-order valence-electron chi connectivity index (χ2n) is 3.53. The highest BCUT2D eigenvalue weighted by molar-refractivity contribution is 14.1. The molecule has 0 aliphatic rings. The standard InChI is InChI=1S/C11H15IN2O.ClH/c1-8(13)5-6-14-11(15)9-3-2-4-10(12)7-9;/h2-4,7-8H,5-6,13H2,1H3,(H,14,15);1H. The molecular weight excluding hydrogens is 338 g/mol. The molecule has 0 bridgehead atoms. The van der Waals surface area contributed by atoms with E-state index in [0.29, 0.717) is 12.1 Å². The third-order valence-electron chi connectivity index (χ3n) is 1.97. The van der Waals surface area contributed by atoms with Gasteiger partial charge in [-0.05, 0) is 54.1 Å². The van der Waals surface area contributed by atoms with Gasteiger partial charge in [-0.1, -0.05) is 6.07 Å². The van der Waals surface area contributed by atoms with E-state index in [0.717, 1.165) is 9.99 Å². The van der Waals surface area contributed by atoms with Crippen molar-refractivity contribution in [1.29, 1.82) is 0 Å². The SMILES string of the molecule is CC(N)CCNC(=O)c1cccc(I)c1.Cl. The maximum absolute atomic E-state index is 11.6. The van der Waals surface area contributed by atoms with E-state index in [1.807, 2.05) is 31.2 Å². The Morgan fingerprint density at radius 3 is 2.81 bits per heavy atom. The maximum atomic E-state index is 11.6. The minimum Gasteiger partial charge on any atom is -0.352 e. The van der Waals surface area contributed by atoms with E-state index in [9.17, 15) is 4.79 Å². The quantitative estimate of drug-likeness (QED) is 0.814. The summed E-state index contributed by atoms with van der Waals surface area (Å²) in [5, 5.41) is 2.84. The van der Waals surface area contributed by atoms with Crippen molar-refractivity contribution in [2.75, 3.05) is 6.54 Å². The number of rotatable bonds is 4. The van der Waals surface area contributed by atoms with Crippen molar-refractivity contribution < 1.29 is 4.79 Å². The first kappa shape index (κ1) is 15.7. The largest absolute Gasteiger partial charge is 0.352 e. The summed E-state index contributed by atoms with van der Waals surface area (Å²) < 4.78 is 1.06. The molecule has 1 aromatic carbocycles. The molecule has 3 N–H and O–H groups in total. The molecule has 90 valence electrons. The fourth-order valence-corrected chi connectivity index (χ4v) is 1.69. The molecule has 0 heterocycles. The Bertz CT molecular complexity index is 345. The third-order valence-corrected chi connectivity index (χ3v) is 2.64. The summed E-state index contributed by atoms with van der Waals surface area (Å²) in [6, 6.07) is 7.63. The molecule has 16 heavy (non-hydrogen) atoms. The highest BCUT2D eigenvalue weighted by Gasteiger charge is 2.04. The van der Waals surface area contributed by atoms with Crippen molar-refractivity contribution in [3.05, 3.63) is 33.4 Å². The summed E-state index contributed by atoms with van der Waals surface area (Å²) in [6.07, 6.45) is 0.801. The molecule has 1 aromatic rings. The van der Waals surface area contributed by atoms with Crippen LogP contribution in [0.5, 0.6) is 0 Å². The fourth-order valence-electron chi connectivity index (χ4n) is 1.15. The Labute approximate surface area is 116 Å². The smallest absolute Gasteiger partial charge is 0.251 e. The van der Waals surface area contributed by atoms with Crippen LogP contribution in [0.1, 0.15) is 23.7 Å². The zero-order valence-electron chi connectivity index (χ0n) is 9.07. The van der Waals surface area contributed by atoms with Gasteiger partial charge in [0, 0.05) is 21.7 Å². The second kappa shape index (κ2) is 7.86. The summed E-state index contributed by atoms with van der Waals surface area (Å²) in [4.78, 5) is 11.6. The van der Waals surface area contributed by atoms with Crippen LogP contribution in [-0.2, 0) is 0 Å². The van der Waals surface area contributed by atoms with E-state index in [-0.39, 0.29) is 24.4 Å². The van der Waals surface area contributed by atoms with Crippen molar-refractivity contribution in [3.63, 3.8) is 0 Å². The minimum absolute atomic E-state index is 0. The summed E-state index contributed by atoms with van der Waals surface area (Å²) in [6.45, 7) is 2.56. The predicted molar refractivity (Wildman–Crippen MR) is 77.0 cm³/mol. The lowest BCUT2D eigenvalue weighted by atomic mass is 10.2. The van der Waals surface area contributed by atoms with Crippen LogP contribution in [0.25, 0.3) is 0 Å². The number of hydrogen-bond acceptors (Lipinski definition) is 2. The lowest BCUT2D eigenvalue weighted by Gasteiger charge is -2.07. The van der Waals surface area contributed by atoms with Crippen LogP contribution in [0, 0.1) is 3.57 Å². The van der Waals surface area contributed by atoms with E-state index in [4.69, 9.17) is 5.73 Å². The Kier molecular flexibility index (Phi) is 7.70. The first-order valence-electron chi connectivity index (χ1n) is 4.89. The van der Waals surface area contributed by atoms with Crippen LogP contribution in [0.3, 0.4) is 0 Å². The zero-order chi connectivity index (χ0) is 11.3. The molecular formula is C11H16ClIN2O. The highest BCUT2D eigenvalue weighted by Crippen LogP contribution is 2.07. The van der Waals surface area contributed by atoms with Crippen molar-refractivity contribution in [3.8, 4) is 0 Å². The van der Waals surface area contributed by atoms with Gasteiger partial charge in [0.25, 0.3) is 5.91 Å². The molecule has 0 saturated carbocycles. The van der Waals surface area contributed by atoms with Crippen molar-refractivity contribution >= 4 is 40.9 Å². The first-order chi connectivity index (χ1) is 7.09. The van der Waals surface area contributed by atoms with E-state index in [1.165, 1.54) is 0 Å². The summed E-state index contributed by atoms with van der Waals surface area (Å²) in [5.41, 5.74) is 6.29. The van der Waals surface area contributed by atoms with Crippen LogP contribution in [0.15, 0.2) is 24.3 Å². The Hall–Kier alpha value is -0.330. The van der Waals surface area contributed by atoms with Gasteiger partial charge in [0.1, 0.15) is 0 Å². The minimum atomic E-state index is -0.0332. The van der Waals surface area contributed by atoms with Gasteiger partial charge in [-0.3, -0.25) is 4.79 Å². The fraction of sp³-hybridized carbons (Fsp3) is 0.364. The molecule has 3 nitrogen and oxygen atoms in total. The van der Waals surface area contributed by atoms with Gasteiger partial charge < -0.3 is 11.1 Å². The normalized spacial score (nSPS) is 11.4. The van der Waals surface area contributed by atoms with Crippen molar-refractivity contribution in [1.82, 2.24) is 5.32 Å². The topological polar surface area (TPSA) is 55.1 Å². The maximum Gasteiger partial charge on any atom is 0.251 e. The molecule has 5 heteroatoms. The molecule has 1 amide bonds. The molecule has 1 unspecified atom stereocenters. The van der Waals surface area contributed by atoms with Gasteiger partial charge in [-0.2, -0.15) is 0 Å². The van der Waals surface area contributed by atoms with Crippen LogP contribution in [0.4, 0.5) is 0 Å². The molecule has 0 spiro atoms. The number of halogens is 2. The second-order valence-corrected chi connectivity index (χ2v) is 4.78. The monoisotopic (exact) mass is 354 g/mol. The number of hydrogen-bond donors (Lipinski definition) is 2. The van der Waals surface area contributed by atoms with Crippen LogP contribution < -0.4 is 11.1 Å². The Morgan fingerprint density at radius 1 is 1.56 bits per heavy atom. The summed E-state index contributed by atoms with van der Waals surface area (Å²) in [5.74, 6) is -0.0332. The van der Waals surface area contributed by atoms with Gasteiger partial charge in [0.15, 0.2) is 0 Å². The van der Waals surface area contributed by atoms with Gasteiger partial charge in [0.2, 0.25) is 0 Å². The molecule has 0 aromatic heterocycles. The van der Waals surface area contributed by atoms with Crippen LogP contribution in [0.2, 0.25) is 0 Å². The van der Waals surface area contributed by atoms with Crippen molar-refractivity contribution in [2.45, 2.75) is 19.4 Å². The third kappa shape index (κ3) is 5.67. The lowest BCUT2D eigenvalue weighted by molar-refractivity contribution is 0.0952. The van der Waals surface area contributed by atoms with E-state index >= 15 is 0 Å². The summed E-state index contributed by atoms with van der Waals surface area (Å²) >= 11 is 2.19. The van der Waals surface area contributed by atoms with Gasteiger partial charge in [-0.15, -0.1) is 12.4 Å². The first-order valence-corrected chi connectivity index (χ1v) is 5.97. The van der Waals surface area contributed by atoms with Gasteiger partial charge in [0.05, 0.1) is 0 Å². The Morgan fingerprint density at radius 2 is 2.25 bits per heavy atom. The molecule has 1 rings (SSSR count). The van der Waals surface area contributed by atoms with Gasteiger partial charge >= 0.3 is 0 Å². The Balaban J connectivity index is 0.00000225. The number of carbonyl (C=O) groups excluding carboxylic acids is 1. The molecule has 1 atom stereocenters. The number of amides is 1. The molecule has 0 saturated heterocycles. The van der Waals surface area contributed by atoms with E-state index in [1.54, 1.807) is 0 Å². The average molecular weight is 355 g/mol. The van der Waals surface area contributed by atoms with Crippen molar-refractivity contribution in [2.24, 2.45) is 5.73 Å². The molecule has 0 aliphatic heterocycles. The number of nitrogens with one attached hydrogen (secondary N) is 1. The molecule has 0 aliphatic carbocycles. The highest BCUT2D eigenvalue weighted by atomic mass is 127. The lowest BCUT2D eigenvalue weighted by Crippen LogP contribution is -2.28. The number of carbonyl (C=O) groups is 1. The van der Waals surface area contributed by atoms with E-state index < -0.39 is 0 Å². The number of benzene rings is 1. The van der Waals surface area contributed by atoms with E-state index in [2.05, 4.69) is 27.9 Å². The average Bonchev–Trinajstić information content (AvgIpc) is 2.17. The summed E-state index contributed by atoms with van der Waals surface area (Å²) in [7, 11) is 0. The van der Waals surface area contributed by atoms with Gasteiger partial charge in [-0.25, -0.2) is 0 Å². The van der Waals surface area contributed by atoms with Crippen LogP contribution >= 0.6 is 35.0 Å². The number of nitrogens with two attached hydrogens (primary N) is 1. The molecule has 0 fully saturated rings. The predicted octanol–water partition coefficient (Wildman–Crippen LogP) is 2.18. The zero-order valence-corrected chi connectivity index (χ0v) is 12.0. The molecule has 0 radical (unpaired) electrons.